The molecule has 0 radical (unpaired) electrons. The number of nitrogens with one attached hydrogen (secondary N) is 2. The Bertz CT molecular complexity index is 378. The van der Waals surface area contributed by atoms with Gasteiger partial charge in [0.05, 0.1) is 11.7 Å². The fourth-order valence-electron chi connectivity index (χ4n) is 1.84. The first-order valence-corrected chi connectivity index (χ1v) is 6.32. The van der Waals surface area contributed by atoms with Gasteiger partial charge >= 0.3 is 0 Å². The summed E-state index contributed by atoms with van der Waals surface area (Å²) in [6.45, 7) is 3.85. The molecule has 0 saturated carbocycles. The molecule has 1 aromatic heterocycles. The zero-order valence-corrected chi connectivity index (χ0v) is 10.0. The zero-order valence-electron chi connectivity index (χ0n) is 9.19. The third kappa shape index (κ3) is 2.42. The van der Waals surface area contributed by atoms with Gasteiger partial charge in [-0.15, -0.1) is 0 Å². The summed E-state index contributed by atoms with van der Waals surface area (Å²) in [5.74, 6) is 0.0840. The average Bonchev–Trinajstić information content (AvgIpc) is 2.84. The molecule has 0 spiro atoms. The van der Waals surface area contributed by atoms with Gasteiger partial charge in [0.15, 0.2) is 0 Å². The molecule has 16 heavy (non-hydrogen) atoms. The van der Waals surface area contributed by atoms with Crippen molar-refractivity contribution in [1.29, 1.82) is 0 Å². The van der Waals surface area contributed by atoms with Crippen LogP contribution in [-0.2, 0) is 0 Å². The first-order chi connectivity index (χ1) is 7.68. The van der Waals surface area contributed by atoms with Gasteiger partial charge < -0.3 is 15.7 Å². The van der Waals surface area contributed by atoms with Gasteiger partial charge in [-0.3, -0.25) is 4.79 Å². The largest absolute Gasteiger partial charge is 0.391 e. The summed E-state index contributed by atoms with van der Waals surface area (Å²) in [6, 6.07) is 0. The third-order valence-electron chi connectivity index (χ3n) is 2.93. The van der Waals surface area contributed by atoms with E-state index in [4.69, 9.17) is 0 Å². The molecular weight excluding hydrogens is 224 g/mol. The Morgan fingerprint density at radius 2 is 2.44 bits per heavy atom. The molecule has 1 amide bonds. The molecule has 1 aromatic rings. The summed E-state index contributed by atoms with van der Waals surface area (Å²) in [6.07, 6.45) is -0.344. The Hall–Kier alpha value is -0.910. The summed E-state index contributed by atoms with van der Waals surface area (Å²) in [7, 11) is 0. The molecule has 0 aromatic carbocycles. The lowest BCUT2D eigenvalue weighted by molar-refractivity contribution is 0.0927. The molecule has 1 saturated heterocycles. The summed E-state index contributed by atoms with van der Waals surface area (Å²) in [5, 5.41) is 19.3. The Kier molecular flexibility index (Phi) is 3.58. The van der Waals surface area contributed by atoms with Crippen molar-refractivity contribution in [3.8, 4) is 0 Å². The van der Waals surface area contributed by atoms with Crippen molar-refractivity contribution >= 4 is 17.2 Å². The van der Waals surface area contributed by atoms with Crippen LogP contribution in [-0.4, -0.2) is 36.8 Å². The number of carbonyl (C=O) groups is 1. The second kappa shape index (κ2) is 4.95. The van der Waals surface area contributed by atoms with Crippen LogP contribution >= 0.6 is 11.3 Å². The molecule has 3 N–H and O–H groups in total. The van der Waals surface area contributed by atoms with Gasteiger partial charge in [0.25, 0.3) is 5.91 Å². The lowest BCUT2D eigenvalue weighted by Crippen LogP contribution is -2.34. The summed E-state index contributed by atoms with van der Waals surface area (Å²) < 4.78 is 0. The smallest absolute Gasteiger partial charge is 0.252 e. The van der Waals surface area contributed by atoms with E-state index < -0.39 is 0 Å². The SMILES string of the molecule is Cc1cscc1C(=O)NCC1CNCC1O. The Balaban J connectivity index is 1.86. The second-order valence-corrected chi connectivity index (χ2v) is 4.91. The van der Waals surface area contributed by atoms with E-state index in [1.54, 1.807) is 0 Å². The van der Waals surface area contributed by atoms with Crippen LogP contribution in [0.2, 0.25) is 0 Å². The quantitative estimate of drug-likeness (QED) is 0.715. The number of carbonyl (C=O) groups excluding carboxylic acids is 1. The van der Waals surface area contributed by atoms with E-state index in [2.05, 4.69) is 10.6 Å². The van der Waals surface area contributed by atoms with E-state index in [1.807, 2.05) is 17.7 Å². The number of hydrogen-bond donors (Lipinski definition) is 3. The highest BCUT2D eigenvalue weighted by Crippen LogP contribution is 2.14. The standard InChI is InChI=1S/C11H16N2O2S/c1-7-5-16-6-9(7)11(15)13-3-8-2-12-4-10(8)14/h5-6,8,10,12,14H,2-4H2,1H3,(H,13,15). The van der Waals surface area contributed by atoms with Crippen molar-refractivity contribution in [3.05, 3.63) is 21.9 Å². The van der Waals surface area contributed by atoms with Crippen molar-refractivity contribution in [3.63, 3.8) is 0 Å². The fourth-order valence-corrected chi connectivity index (χ4v) is 2.67. The van der Waals surface area contributed by atoms with Crippen molar-refractivity contribution in [2.24, 2.45) is 5.92 Å². The van der Waals surface area contributed by atoms with Gasteiger partial charge in [-0.2, -0.15) is 11.3 Å². The van der Waals surface area contributed by atoms with Gasteiger partial charge in [-0.05, 0) is 17.9 Å². The summed E-state index contributed by atoms with van der Waals surface area (Å²) in [4.78, 5) is 11.8. The number of rotatable bonds is 3. The predicted molar refractivity (Wildman–Crippen MR) is 63.8 cm³/mol. The molecule has 1 aliphatic heterocycles. The summed E-state index contributed by atoms with van der Waals surface area (Å²) in [5.41, 5.74) is 1.75. The first kappa shape index (κ1) is 11.6. The van der Waals surface area contributed by atoms with E-state index in [0.717, 1.165) is 17.7 Å². The Morgan fingerprint density at radius 3 is 3.00 bits per heavy atom. The minimum Gasteiger partial charge on any atom is -0.391 e. The van der Waals surface area contributed by atoms with Crippen molar-refractivity contribution in [2.75, 3.05) is 19.6 Å². The Morgan fingerprint density at radius 1 is 1.62 bits per heavy atom. The molecule has 1 aliphatic rings. The highest BCUT2D eigenvalue weighted by Gasteiger charge is 2.25. The summed E-state index contributed by atoms with van der Waals surface area (Å²) >= 11 is 1.53. The molecule has 2 unspecified atom stereocenters. The maximum Gasteiger partial charge on any atom is 0.252 e. The van der Waals surface area contributed by atoms with Crippen LogP contribution in [0.15, 0.2) is 10.8 Å². The number of aliphatic hydroxyl groups excluding tert-OH is 1. The third-order valence-corrected chi connectivity index (χ3v) is 3.79. The van der Waals surface area contributed by atoms with Crippen LogP contribution in [0.5, 0.6) is 0 Å². The molecule has 0 aliphatic carbocycles. The molecule has 2 heterocycles. The molecule has 88 valence electrons. The van der Waals surface area contributed by atoms with Crippen LogP contribution in [0.3, 0.4) is 0 Å². The number of β-amino-alcohol motifs (C(OH)–C–C–N with tert-alkyl or cyclic N) is 1. The first-order valence-electron chi connectivity index (χ1n) is 5.38. The van der Waals surface area contributed by atoms with Crippen molar-refractivity contribution < 1.29 is 9.90 Å². The topological polar surface area (TPSA) is 61.4 Å². The highest BCUT2D eigenvalue weighted by atomic mass is 32.1. The molecule has 5 heteroatoms. The lowest BCUT2D eigenvalue weighted by Gasteiger charge is -2.13. The lowest BCUT2D eigenvalue weighted by atomic mass is 10.1. The van der Waals surface area contributed by atoms with Gasteiger partial charge in [-0.25, -0.2) is 0 Å². The van der Waals surface area contributed by atoms with Crippen LogP contribution in [0.4, 0.5) is 0 Å². The van der Waals surface area contributed by atoms with Crippen LogP contribution in [0.25, 0.3) is 0 Å². The van der Waals surface area contributed by atoms with Crippen molar-refractivity contribution in [2.45, 2.75) is 13.0 Å². The number of aliphatic hydroxyl groups is 1. The predicted octanol–water partition coefficient (Wildman–Crippen LogP) is 0.367. The number of amides is 1. The number of aryl methyl sites for hydroxylation is 1. The van der Waals surface area contributed by atoms with E-state index in [1.165, 1.54) is 11.3 Å². The minimum atomic E-state index is -0.344. The van der Waals surface area contributed by atoms with Crippen LogP contribution in [0, 0.1) is 12.8 Å². The van der Waals surface area contributed by atoms with Gasteiger partial charge in [0, 0.05) is 30.9 Å². The zero-order chi connectivity index (χ0) is 11.5. The van der Waals surface area contributed by atoms with E-state index >= 15 is 0 Å². The van der Waals surface area contributed by atoms with E-state index in [0.29, 0.717) is 13.1 Å². The normalized spacial score (nSPS) is 24.6. The minimum absolute atomic E-state index is 0.0437. The molecule has 0 bridgehead atoms. The maximum absolute atomic E-state index is 11.8. The van der Waals surface area contributed by atoms with Gasteiger partial charge in [0.2, 0.25) is 0 Å². The Labute approximate surface area is 98.7 Å². The average molecular weight is 240 g/mol. The second-order valence-electron chi connectivity index (χ2n) is 4.16. The molecule has 4 nitrogen and oxygen atoms in total. The van der Waals surface area contributed by atoms with E-state index in [9.17, 15) is 9.90 Å². The molecule has 2 rings (SSSR count). The van der Waals surface area contributed by atoms with Gasteiger partial charge in [0.1, 0.15) is 0 Å². The number of hydrogen-bond acceptors (Lipinski definition) is 4. The van der Waals surface area contributed by atoms with Crippen LogP contribution < -0.4 is 10.6 Å². The van der Waals surface area contributed by atoms with Gasteiger partial charge in [-0.1, -0.05) is 0 Å². The fraction of sp³-hybridized carbons (Fsp3) is 0.545. The van der Waals surface area contributed by atoms with Crippen molar-refractivity contribution in [1.82, 2.24) is 10.6 Å². The highest BCUT2D eigenvalue weighted by molar-refractivity contribution is 7.08. The molecule has 1 fully saturated rings. The number of thiophene rings is 1. The molecular formula is C11H16N2O2S. The maximum atomic E-state index is 11.8. The van der Waals surface area contributed by atoms with Crippen LogP contribution in [0.1, 0.15) is 15.9 Å². The molecule has 2 atom stereocenters. The van der Waals surface area contributed by atoms with E-state index in [-0.39, 0.29) is 17.9 Å². The monoisotopic (exact) mass is 240 g/mol.